The highest BCUT2D eigenvalue weighted by Crippen LogP contribution is 2.36. The second kappa shape index (κ2) is 5.23. The standard InChI is InChI=1S/C13H19ClFNO/c1-5-17-11-9(14)6-8(7-10(11)15)12(16)13(2,3)4/h6-7,12H,5,16H2,1-4H3/t12-/m0/s1. The Kier molecular flexibility index (Phi) is 4.39. The molecule has 1 atom stereocenters. The number of nitrogens with two attached hydrogens (primary N) is 1. The van der Waals surface area contributed by atoms with Gasteiger partial charge in [0.25, 0.3) is 0 Å². The molecule has 1 rings (SSSR count). The fourth-order valence-corrected chi connectivity index (χ4v) is 1.81. The van der Waals surface area contributed by atoms with Crippen LogP contribution in [0.15, 0.2) is 12.1 Å². The molecule has 0 fully saturated rings. The molecular formula is C13H19ClFNO. The van der Waals surface area contributed by atoms with Crippen molar-refractivity contribution in [2.45, 2.75) is 33.7 Å². The van der Waals surface area contributed by atoms with Crippen LogP contribution in [0.5, 0.6) is 5.75 Å². The van der Waals surface area contributed by atoms with Crippen molar-refractivity contribution in [1.82, 2.24) is 0 Å². The highest BCUT2D eigenvalue weighted by atomic mass is 35.5. The van der Waals surface area contributed by atoms with E-state index < -0.39 is 5.82 Å². The smallest absolute Gasteiger partial charge is 0.173 e. The topological polar surface area (TPSA) is 35.2 Å². The van der Waals surface area contributed by atoms with E-state index in [9.17, 15) is 4.39 Å². The molecular weight excluding hydrogens is 241 g/mol. The summed E-state index contributed by atoms with van der Waals surface area (Å²) in [5, 5.41) is 0.265. The highest BCUT2D eigenvalue weighted by molar-refractivity contribution is 6.32. The van der Waals surface area contributed by atoms with Gasteiger partial charge in [-0.3, -0.25) is 0 Å². The molecule has 0 spiro atoms. The normalized spacial score (nSPS) is 13.6. The Morgan fingerprint density at radius 1 is 1.41 bits per heavy atom. The number of ether oxygens (including phenoxy) is 1. The predicted octanol–water partition coefficient (Wildman–Crippen LogP) is 3.92. The number of benzene rings is 1. The van der Waals surface area contributed by atoms with Gasteiger partial charge in [-0.2, -0.15) is 0 Å². The fraction of sp³-hybridized carbons (Fsp3) is 0.538. The minimum absolute atomic E-state index is 0.0963. The van der Waals surface area contributed by atoms with E-state index in [0.29, 0.717) is 12.2 Å². The Balaban J connectivity index is 3.14. The van der Waals surface area contributed by atoms with Crippen molar-refractivity contribution >= 4 is 11.6 Å². The Hall–Kier alpha value is -0.800. The predicted molar refractivity (Wildman–Crippen MR) is 69.0 cm³/mol. The molecule has 0 aliphatic carbocycles. The van der Waals surface area contributed by atoms with Crippen LogP contribution in [0.1, 0.15) is 39.3 Å². The van der Waals surface area contributed by atoms with E-state index in [1.54, 1.807) is 13.0 Å². The third kappa shape index (κ3) is 3.33. The molecule has 0 saturated heterocycles. The van der Waals surface area contributed by atoms with Crippen LogP contribution < -0.4 is 10.5 Å². The Labute approximate surface area is 107 Å². The molecule has 0 saturated carbocycles. The van der Waals surface area contributed by atoms with Crippen molar-refractivity contribution in [3.63, 3.8) is 0 Å². The first-order chi connectivity index (χ1) is 7.77. The zero-order valence-corrected chi connectivity index (χ0v) is 11.4. The van der Waals surface area contributed by atoms with Gasteiger partial charge in [0.05, 0.1) is 11.6 Å². The van der Waals surface area contributed by atoms with Crippen molar-refractivity contribution in [3.8, 4) is 5.75 Å². The second-order valence-electron chi connectivity index (χ2n) is 5.09. The zero-order chi connectivity index (χ0) is 13.2. The van der Waals surface area contributed by atoms with Gasteiger partial charge in [0.15, 0.2) is 11.6 Å². The molecule has 0 unspecified atom stereocenters. The van der Waals surface area contributed by atoms with Gasteiger partial charge in [-0.15, -0.1) is 0 Å². The third-order valence-electron chi connectivity index (χ3n) is 2.60. The largest absolute Gasteiger partial charge is 0.489 e. The van der Waals surface area contributed by atoms with Gasteiger partial charge < -0.3 is 10.5 Å². The van der Waals surface area contributed by atoms with E-state index in [0.717, 1.165) is 0 Å². The number of halogens is 2. The lowest BCUT2D eigenvalue weighted by molar-refractivity contribution is 0.314. The number of hydrogen-bond acceptors (Lipinski definition) is 2. The van der Waals surface area contributed by atoms with Crippen LogP contribution >= 0.6 is 11.6 Å². The molecule has 0 heterocycles. The average molecular weight is 260 g/mol. The van der Waals surface area contributed by atoms with E-state index in [2.05, 4.69) is 0 Å². The van der Waals surface area contributed by atoms with Crippen LogP contribution in [0.4, 0.5) is 4.39 Å². The van der Waals surface area contributed by atoms with Gasteiger partial charge in [0.2, 0.25) is 0 Å². The van der Waals surface area contributed by atoms with Crippen LogP contribution in [0.3, 0.4) is 0 Å². The summed E-state index contributed by atoms with van der Waals surface area (Å²) in [6, 6.07) is 2.79. The van der Waals surface area contributed by atoms with Crippen LogP contribution in [0.2, 0.25) is 5.02 Å². The van der Waals surface area contributed by atoms with Crippen molar-refractivity contribution in [3.05, 3.63) is 28.5 Å². The van der Waals surface area contributed by atoms with Gasteiger partial charge in [-0.05, 0) is 30.0 Å². The van der Waals surface area contributed by atoms with Gasteiger partial charge in [0, 0.05) is 6.04 Å². The van der Waals surface area contributed by atoms with E-state index in [1.807, 2.05) is 20.8 Å². The molecule has 2 N–H and O–H groups in total. The monoisotopic (exact) mass is 259 g/mol. The van der Waals surface area contributed by atoms with Crippen molar-refractivity contribution in [2.75, 3.05) is 6.61 Å². The summed E-state index contributed by atoms with van der Waals surface area (Å²) in [6.45, 7) is 8.16. The van der Waals surface area contributed by atoms with E-state index in [1.165, 1.54) is 6.07 Å². The van der Waals surface area contributed by atoms with Crippen LogP contribution in [-0.4, -0.2) is 6.61 Å². The summed E-state index contributed by atoms with van der Waals surface area (Å²) in [4.78, 5) is 0. The lowest BCUT2D eigenvalue weighted by Crippen LogP contribution is -2.26. The van der Waals surface area contributed by atoms with Gasteiger partial charge in [-0.25, -0.2) is 4.39 Å². The maximum Gasteiger partial charge on any atom is 0.173 e. The Morgan fingerprint density at radius 3 is 2.41 bits per heavy atom. The minimum atomic E-state index is -0.464. The zero-order valence-electron chi connectivity index (χ0n) is 10.7. The molecule has 0 bridgehead atoms. The SMILES string of the molecule is CCOc1c(F)cc([C@H](N)C(C)(C)C)cc1Cl. The van der Waals surface area contributed by atoms with Crippen molar-refractivity contribution in [2.24, 2.45) is 11.1 Å². The first-order valence-corrected chi connectivity index (χ1v) is 6.02. The van der Waals surface area contributed by atoms with Gasteiger partial charge >= 0.3 is 0 Å². The van der Waals surface area contributed by atoms with Crippen LogP contribution in [0, 0.1) is 11.2 Å². The third-order valence-corrected chi connectivity index (χ3v) is 2.88. The molecule has 0 aromatic heterocycles. The van der Waals surface area contributed by atoms with Crippen LogP contribution in [-0.2, 0) is 0 Å². The van der Waals surface area contributed by atoms with Gasteiger partial charge in [0.1, 0.15) is 0 Å². The summed E-state index contributed by atoms with van der Waals surface area (Å²) < 4.78 is 18.9. The van der Waals surface area contributed by atoms with Crippen molar-refractivity contribution < 1.29 is 9.13 Å². The molecule has 0 aliphatic heterocycles. The van der Waals surface area contributed by atoms with E-state index in [4.69, 9.17) is 22.1 Å². The molecule has 1 aromatic rings. The molecule has 0 aliphatic rings. The molecule has 2 nitrogen and oxygen atoms in total. The summed E-state index contributed by atoms with van der Waals surface area (Å²) >= 11 is 5.99. The molecule has 1 aromatic carbocycles. The summed E-state index contributed by atoms with van der Waals surface area (Å²) in [5.41, 5.74) is 6.60. The molecule has 0 amide bonds. The summed E-state index contributed by atoms with van der Waals surface area (Å²) in [5.74, 6) is -0.368. The van der Waals surface area contributed by atoms with Crippen LogP contribution in [0.25, 0.3) is 0 Å². The number of hydrogen-bond donors (Lipinski definition) is 1. The maximum absolute atomic E-state index is 13.8. The average Bonchev–Trinajstić information content (AvgIpc) is 2.20. The molecule has 17 heavy (non-hydrogen) atoms. The van der Waals surface area contributed by atoms with Gasteiger partial charge in [-0.1, -0.05) is 32.4 Å². The Morgan fingerprint density at radius 2 is 2.00 bits per heavy atom. The molecule has 0 radical (unpaired) electrons. The molecule has 4 heteroatoms. The Bertz CT molecular complexity index is 378. The van der Waals surface area contributed by atoms with Crippen molar-refractivity contribution in [1.29, 1.82) is 0 Å². The highest BCUT2D eigenvalue weighted by Gasteiger charge is 2.24. The number of rotatable bonds is 3. The fourth-order valence-electron chi connectivity index (χ4n) is 1.54. The summed E-state index contributed by atoms with van der Waals surface area (Å²) in [6.07, 6.45) is 0. The first-order valence-electron chi connectivity index (χ1n) is 5.64. The minimum Gasteiger partial charge on any atom is -0.489 e. The second-order valence-corrected chi connectivity index (χ2v) is 5.50. The lowest BCUT2D eigenvalue weighted by Gasteiger charge is -2.27. The first kappa shape index (κ1) is 14.3. The quantitative estimate of drug-likeness (QED) is 0.893. The van der Waals surface area contributed by atoms with E-state index >= 15 is 0 Å². The lowest BCUT2D eigenvalue weighted by atomic mass is 9.83. The summed E-state index contributed by atoms with van der Waals surface area (Å²) in [7, 11) is 0. The molecule has 96 valence electrons. The van der Waals surface area contributed by atoms with E-state index in [-0.39, 0.29) is 22.2 Å². The maximum atomic E-state index is 13.8.